The summed E-state index contributed by atoms with van der Waals surface area (Å²) in [6.07, 6.45) is 9.52. The first kappa shape index (κ1) is 20.6. The lowest BCUT2D eigenvalue weighted by Crippen LogP contribution is -2.37. The minimum absolute atomic E-state index is 0.225. The molecule has 1 aromatic rings. The summed E-state index contributed by atoms with van der Waals surface area (Å²) in [6, 6.07) is 8.19. The van der Waals surface area contributed by atoms with E-state index in [0.717, 1.165) is 44.2 Å². The van der Waals surface area contributed by atoms with E-state index < -0.39 is 0 Å². The van der Waals surface area contributed by atoms with E-state index in [0.29, 0.717) is 19.1 Å². The summed E-state index contributed by atoms with van der Waals surface area (Å²) in [5.41, 5.74) is 2.16. The molecule has 1 heterocycles. The predicted molar refractivity (Wildman–Crippen MR) is 114 cm³/mol. The average Bonchev–Trinajstić information content (AvgIpc) is 3.17. The molecule has 6 nitrogen and oxygen atoms in total. The van der Waals surface area contributed by atoms with Crippen LogP contribution in [0.2, 0.25) is 0 Å². The van der Waals surface area contributed by atoms with Gasteiger partial charge < -0.3 is 20.3 Å². The van der Waals surface area contributed by atoms with E-state index in [2.05, 4.69) is 27.8 Å². The Morgan fingerprint density at radius 2 is 1.93 bits per heavy atom. The fraction of sp³-hybridized carbons (Fsp3) is 0.636. The number of nitrogens with zero attached hydrogens (tertiary/aromatic N) is 2. The molecular formula is C22H34N4O2. The first-order valence-electron chi connectivity index (χ1n) is 10.7. The van der Waals surface area contributed by atoms with Crippen molar-refractivity contribution in [2.24, 2.45) is 4.99 Å². The number of hydrogen-bond acceptors (Lipinski definition) is 3. The van der Waals surface area contributed by atoms with Crippen LogP contribution in [0.4, 0.5) is 5.69 Å². The Labute approximate surface area is 168 Å². The van der Waals surface area contributed by atoms with Crippen molar-refractivity contribution in [3.63, 3.8) is 0 Å². The minimum Gasteiger partial charge on any atom is -0.378 e. The van der Waals surface area contributed by atoms with Crippen LogP contribution in [0.3, 0.4) is 0 Å². The van der Waals surface area contributed by atoms with Gasteiger partial charge in [0.15, 0.2) is 5.96 Å². The molecule has 0 bridgehead atoms. The van der Waals surface area contributed by atoms with E-state index in [1.807, 2.05) is 17.0 Å². The number of aliphatic imine (C=N–C) groups is 1. The Morgan fingerprint density at radius 1 is 1.14 bits per heavy atom. The molecule has 2 aliphatic rings. The number of carbonyl (C=O) groups is 1. The number of carbonyl (C=O) groups excluding carboxylic acids is 1. The van der Waals surface area contributed by atoms with Crippen LogP contribution in [-0.2, 0) is 16.1 Å². The molecule has 0 spiro atoms. The van der Waals surface area contributed by atoms with Crippen LogP contribution in [0.25, 0.3) is 0 Å². The van der Waals surface area contributed by atoms with Crippen molar-refractivity contribution in [2.75, 3.05) is 31.6 Å². The van der Waals surface area contributed by atoms with Crippen LogP contribution in [0.5, 0.6) is 0 Å². The molecule has 154 valence electrons. The lowest BCUT2D eigenvalue weighted by Gasteiger charge is -2.22. The molecule has 0 radical (unpaired) electrons. The van der Waals surface area contributed by atoms with Gasteiger partial charge in [-0.25, -0.2) is 0 Å². The van der Waals surface area contributed by atoms with Crippen molar-refractivity contribution in [3.05, 3.63) is 29.8 Å². The van der Waals surface area contributed by atoms with Crippen LogP contribution >= 0.6 is 0 Å². The maximum atomic E-state index is 11.8. The lowest BCUT2D eigenvalue weighted by atomic mass is 9.98. The van der Waals surface area contributed by atoms with Crippen molar-refractivity contribution in [1.29, 1.82) is 0 Å². The van der Waals surface area contributed by atoms with Crippen LogP contribution < -0.4 is 15.5 Å². The lowest BCUT2D eigenvalue weighted by molar-refractivity contribution is -0.117. The smallest absolute Gasteiger partial charge is 0.227 e. The minimum atomic E-state index is 0.225. The zero-order valence-electron chi connectivity index (χ0n) is 17.1. The van der Waals surface area contributed by atoms with Gasteiger partial charge >= 0.3 is 0 Å². The molecule has 1 aliphatic carbocycles. The number of amides is 1. The molecule has 6 heteroatoms. The molecule has 2 fully saturated rings. The summed E-state index contributed by atoms with van der Waals surface area (Å²) in [5, 5.41) is 6.69. The van der Waals surface area contributed by atoms with Crippen LogP contribution in [0, 0.1) is 0 Å². The van der Waals surface area contributed by atoms with Gasteiger partial charge in [0.1, 0.15) is 0 Å². The summed E-state index contributed by atoms with van der Waals surface area (Å²) in [7, 11) is 1.79. The second kappa shape index (κ2) is 11.1. The summed E-state index contributed by atoms with van der Waals surface area (Å²) < 4.78 is 5.96. The largest absolute Gasteiger partial charge is 0.378 e. The number of benzene rings is 1. The molecule has 3 rings (SSSR count). The number of nitrogens with one attached hydrogen (secondary N) is 2. The second-order valence-electron chi connectivity index (χ2n) is 7.65. The van der Waals surface area contributed by atoms with Gasteiger partial charge in [0.25, 0.3) is 0 Å². The molecule has 2 N–H and O–H groups in total. The Morgan fingerprint density at radius 3 is 2.61 bits per heavy atom. The maximum absolute atomic E-state index is 11.8. The van der Waals surface area contributed by atoms with Crippen molar-refractivity contribution >= 4 is 17.6 Å². The number of hydrogen-bond donors (Lipinski definition) is 2. The highest BCUT2D eigenvalue weighted by molar-refractivity contribution is 5.95. The quantitative estimate of drug-likeness (QED) is 0.409. The van der Waals surface area contributed by atoms with Gasteiger partial charge in [-0.2, -0.15) is 0 Å². The van der Waals surface area contributed by atoms with Gasteiger partial charge in [0.2, 0.25) is 5.91 Å². The normalized spacial score (nSPS) is 18.5. The molecule has 1 amide bonds. The molecule has 0 unspecified atom stereocenters. The molecule has 0 atom stereocenters. The van der Waals surface area contributed by atoms with Gasteiger partial charge in [-0.05, 0) is 43.4 Å². The van der Waals surface area contributed by atoms with Crippen molar-refractivity contribution in [3.8, 4) is 0 Å². The average molecular weight is 387 g/mol. The zero-order valence-corrected chi connectivity index (χ0v) is 17.1. The molecule has 28 heavy (non-hydrogen) atoms. The van der Waals surface area contributed by atoms with Gasteiger partial charge in [-0.15, -0.1) is 0 Å². The molecule has 0 aromatic heterocycles. The third kappa shape index (κ3) is 6.23. The van der Waals surface area contributed by atoms with E-state index >= 15 is 0 Å². The van der Waals surface area contributed by atoms with Crippen LogP contribution in [-0.4, -0.2) is 44.7 Å². The maximum Gasteiger partial charge on any atom is 0.227 e. The van der Waals surface area contributed by atoms with Crippen molar-refractivity contribution in [1.82, 2.24) is 10.6 Å². The topological polar surface area (TPSA) is 66.0 Å². The Kier molecular flexibility index (Phi) is 8.15. The third-order valence-corrected chi connectivity index (χ3v) is 5.52. The van der Waals surface area contributed by atoms with E-state index in [1.54, 1.807) is 7.05 Å². The van der Waals surface area contributed by atoms with E-state index in [9.17, 15) is 4.79 Å². The number of anilines is 1. The number of rotatable bonds is 8. The summed E-state index contributed by atoms with van der Waals surface area (Å²) >= 11 is 0. The summed E-state index contributed by atoms with van der Waals surface area (Å²) in [5.74, 6) is 1.03. The van der Waals surface area contributed by atoms with Gasteiger partial charge in [0, 0.05) is 45.4 Å². The Balaban J connectivity index is 1.32. The molecule has 1 saturated heterocycles. The molecular weight excluding hydrogens is 352 g/mol. The Hall–Kier alpha value is -2.08. The first-order chi connectivity index (χ1) is 13.8. The second-order valence-corrected chi connectivity index (χ2v) is 7.65. The fourth-order valence-electron chi connectivity index (χ4n) is 3.88. The van der Waals surface area contributed by atoms with Gasteiger partial charge in [-0.1, -0.05) is 31.4 Å². The molecule has 1 aliphatic heterocycles. The standard InChI is InChI=1S/C22H34N4O2/c1-23-22(24-14-6-16-28-20-7-3-2-4-8-20)25-17-18-10-12-19(13-11-18)26-15-5-9-21(26)27/h10-13,20H,2-9,14-17H2,1H3,(H2,23,24,25). The van der Waals surface area contributed by atoms with Crippen molar-refractivity contribution in [2.45, 2.75) is 64.0 Å². The summed E-state index contributed by atoms with van der Waals surface area (Å²) in [4.78, 5) is 18.0. The fourth-order valence-corrected chi connectivity index (χ4v) is 3.88. The van der Waals surface area contributed by atoms with E-state index in [1.165, 1.54) is 37.7 Å². The highest BCUT2D eigenvalue weighted by atomic mass is 16.5. The van der Waals surface area contributed by atoms with E-state index in [-0.39, 0.29) is 5.91 Å². The number of guanidine groups is 1. The third-order valence-electron chi connectivity index (χ3n) is 5.52. The predicted octanol–water partition coefficient (Wildman–Crippen LogP) is 3.22. The van der Waals surface area contributed by atoms with Crippen LogP contribution in [0.1, 0.15) is 56.9 Å². The number of ether oxygens (including phenoxy) is 1. The van der Waals surface area contributed by atoms with Crippen LogP contribution in [0.15, 0.2) is 29.3 Å². The highest BCUT2D eigenvalue weighted by Crippen LogP contribution is 2.22. The SMILES string of the molecule is CN=C(NCCCOC1CCCCC1)NCc1ccc(N2CCCC2=O)cc1. The Bertz CT molecular complexity index is 638. The van der Waals surface area contributed by atoms with Crippen molar-refractivity contribution < 1.29 is 9.53 Å². The molecule has 1 saturated carbocycles. The highest BCUT2D eigenvalue weighted by Gasteiger charge is 2.21. The first-order valence-corrected chi connectivity index (χ1v) is 10.7. The summed E-state index contributed by atoms with van der Waals surface area (Å²) in [6.45, 7) is 3.19. The zero-order chi connectivity index (χ0) is 19.6. The van der Waals surface area contributed by atoms with Gasteiger partial charge in [-0.3, -0.25) is 9.79 Å². The van der Waals surface area contributed by atoms with E-state index in [4.69, 9.17) is 4.74 Å². The van der Waals surface area contributed by atoms with Gasteiger partial charge in [0.05, 0.1) is 6.10 Å². The monoisotopic (exact) mass is 386 g/mol. The molecule has 1 aromatic carbocycles.